The Kier molecular flexibility index (Phi) is 6.45. The van der Waals surface area contributed by atoms with Crippen LogP contribution in [0, 0.1) is 5.92 Å². The fraction of sp³-hybridized carbons (Fsp3) is 1.00. The van der Waals surface area contributed by atoms with Crippen LogP contribution in [0.25, 0.3) is 0 Å². The van der Waals surface area contributed by atoms with E-state index in [1.54, 1.807) is 7.11 Å². The van der Waals surface area contributed by atoms with E-state index >= 15 is 0 Å². The molecule has 0 bridgehead atoms. The maximum absolute atomic E-state index is 5.23. The SMILES string of the molecule is COCCN(C(C)C)C(CNC1CC1)C(C)C. The molecule has 1 N–H and O–H groups in total. The van der Waals surface area contributed by atoms with Crippen molar-refractivity contribution in [2.75, 3.05) is 26.8 Å². The summed E-state index contributed by atoms with van der Waals surface area (Å²) in [4.78, 5) is 2.57. The third-order valence-electron chi connectivity index (χ3n) is 3.61. The zero-order chi connectivity index (χ0) is 12.8. The fourth-order valence-electron chi connectivity index (χ4n) is 2.31. The van der Waals surface area contributed by atoms with Gasteiger partial charge < -0.3 is 10.1 Å². The highest BCUT2D eigenvalue weighted by Crippen LogP contribution is 2.20. The van der Waals surface area contributed by atoms with Gasteiger partial charge in [0.15, 0.2) is 0 Å². The normalized spacial score (nSPS) is 18.4. The van der Waals surface area contributed by atoms with Crippen molar-refractivity contribution in [2.45, 2.75) is 58.7 Å². The number of hydrogen-bond donors (Lipinski definition) is 1. The first-order valence-electron chi connectivity index (χ1n) is 7.04. The van der Waals surface area contributed by atoms with E-state index in [9.17, 15) is 0 Å². The molecular formula is C14H30N2O. The van der Waals surface area contributed by atoms with Crippen LogP contribution >= 0.6 is 0 Å². The lowest BCUT2D eigenvalue weighted by molar-refractivity contribution is 0.0750. The lowest BCUT2D eigenvalue weighted by atomic mass is 10.0. The minimum atomic E-state index is 0.582. The van der Waals surface area contributed by atoms with E-state index in [1.165, 1.54) is 12.8 Å². The van der Waals surface area contributed by atoms with Gasteiger partial charge in [-0.25, -0.2) is 0 Å². The molecule has 1 rings (SSSR count). The molecule has 17 heavy (non-hydrogen) atoms. The summed E-state index contributed by atoms with van der Waals surface area (Å²) in [5.41, 5.74) is 0. The number of hydrogen-bond acceptors (Lipinski definition) is 3. The topological polar surface area (TPSA) is 24.5 Å². The van der Waals surface area contributed by atoms with E-state index in [4.69, 9.17) is 4.74 Å². The lowest BCUT2D eigenvalue weighted by Gasteiger charge is -2.37. The van der Waals surface area contributed by atoms with Crippen LogP contribution in [0.2, 0.25) is 0 Å². The van der Waals surface area contributed by atoms with Gasteiger partial charge in [0, 0.05) is 38.3 Å². The van der Waals surface area contributed by atoms with Crippen LogP contribution in [-0.4, -0.2) is 49.8 Å². The van der Waals surface area contributed by atoms with E-state index in [0.717, 1.165) is 25.7 Å². The fourth-order valence-corrected chi connectivity index (χ4v) is 2.31. The Labute approximate surface area is 107 Å². The Bertz CT molecular complexity index is 202. The van der Waals surface area contributed by atoms with Gasteiger partial charge in [0.25, 0.3) is 0 Å². The Balaban J connectivity index is 2.48. The summed E-state index contributed by atoms with van der Waals surface area (Å²) in [6.07, 6.45) is 2.73. The minimum absolute atomic E-state index is 0.582. The summed E-state index contributed by atoms with van der Waals surface area (Å²) in [6.45, 7) is 12.2. The average molecular weight is 242 g/mol. The molecule has 0 aromatic heterocycles. The monoisotopic (exact) mass is 242 g/mol. The molecule has 1 aliphatic rings. The summed E-state index contributed by atoms with van der Waals surface area (Å²) in [7, 11) is 1.78. The molecule has 0 aromatic rings. The largest absolute Gasteiger partial charge is 0.383 e. The Morgan fingerprint density at radius 1 is 1.24 bits per heavy atom. The van der Waals surface area contributed by atoms with Crippen molar-refractivity contribution >= 4 is 0 Å². The zero-order valence-electron chi connectivity index (χ0n) is 12.2. The first kappa shape index (κ1) is 14.9. The van der Waals surface area contributed by atoms with Gasteiger partial charge in [-0.15, -0.1) is 0 Å². The predicted molar refractivity (Wildman–Crippen MR) is 73.4 cm³/mol. The zero-order valence-corrected chi connectivity index (χ0v) is 12.2. The maximum atomic E-state index is 5.23. The molecule has 0 saturated heterocycles. The highest BCUT2D eigenvalue weighted by molar-refractivity contribution is 4.86. The maximum Gasteiger partial charge on any atom is 0.0589 e. The minimum Gasteiger partial charge on any atom is -0.383 e. The molecule has 0 aliphatic heterocycles. The van der Waals surface area contributed by atoms with Crippen LogP contribution in [0.4, 0.5) is 0 Å². The van der Waals surface area contributed by atoms with Gasteiger partial charge in [-0.05, 0) is 32.6 Å². The standard InChI is InChI=1S/C14H30N2O/c1-11(2)14(10-15-13-6-7-13)16(12(3)4)8-9-17-5/h11-15H,6-10H2,1-5H3. The quantitative estimate of drug-likeness (QED) is 0.670. The van der Waals surface area contributed by atoms with Crippen LogP contribution in [0.1, 0.15) is 40.5 Å². The van der Waals surface area contributed by atoms with Crippen molar-refractivity contribution in [3.8, 4) is 0 Å². The number of methoxy groups -OCH3 is 1. The molecule has 0 heterocycles. The van der Waals surface area contributed by atoms with Crippen molar-refractivity contribution in [3.63, 3.8) is 0 Å². The number of rotatable bonds is 9. The molecule has 0 aromatic carbocycles. The Morgan fingerprint density at radius 3 is 2.29 bits per heavy atom. The molecule has 1 saturated carbocycles. The predicted octanol–water partition coefficient (Wildman–Crippen LogP) is 2.12. The molecule has 0 spiro atoms. The summed E-state index contributed by atoms with van der Waals surface area (Å²) >= 11 is 0. The van der Waals surface area contributed by atoms with Crippen LogP contribution in [0.15, 0.2) is 0 Å². The summed E-state index contributed by atoms with van der Waals surface area (Å²) in [5, 5.41) is 3.67. The van der Waals surface area contributed by atoms with Gasteiger partial charge in [0.1, 0.15) is 0 Å². The van der Waals surface area contributed by atoms with E-state index in [0.29, 0.717) is 18.0 Å². The second kappa shape index (κ2) is 7.34. The van der Waals surface area contributed by atoms with Gasteiger partial charge in [-0.2, -0.15) is 0 Å². The highest BCUT2D eigenvalue weighted by Gasteiger charge is 2.27. The first-order chi connectivity index (χ1) is 8.06. The van der Waals surface area contributed by atoms with Gasteiger partial charge in [-0.3, -0.25) is 4.90 Å². The molecule has 3 nitrogen and oxygen atoms in total. The van der Waals surface area contributed by atoms with E-state index in [2.05, 4.69) is 37.9 Å². The molecule has 0 radical (unpaired) electrons. The van der Waals surface area contributed by atoms with Crippen LogP contribution in [0.5, 0.6) is 0 Å². The average Bonchev–Trinajstić information content (AvgIpc) is 3.05. The number of ether oxygens (including phenoxy) is 1. The van der Waals surface area contributed by atoms with Crippen LogP contribution in [-0.2, 0) is 4.74 Å². The Hall–Kier alpha value is -0.120. The molecule has 1 fully saturated rings. The summed E-state index contributed by atoms with van der Waals surface area (Å²) in [6, 6.07) is 2.00. The number of nitrogens with one attached hydrogen (secondary N) is 1. The van der Waals surface area contributed by atoms with Crippen LogP contribution < -0.4 is 5.32 Å². The third-order valence-corrected chi connectivity index (χ3v) is 3.61. The van der Waals surface area contributed by atoms with Gasteiger partial charge in [-0.1, -0.05) is 13.8 Å². The Morgan fingerprint density at radius 2 is 1.88 bits per heavy atom. The molecule has 1 unspecified atom stereocenters. The van der Waals surface area contributed by atoms with Crippen LogP contribution in [0.3, 0.4) is 0 Å². The van der Waals surface area contributed by atoms with Crippen molar-refractivity contribution in [2.24, 2.45) is 5.92 Å². The third kappa shape index (κ3) is 5.36. The second-order valence-electron chi connectivity index (χ2n) is 5.82. The molecule has 3 heteroatoms. The van der Waals surface area contributed by atoms with Crippen molar-refractivity contribution in [1.82, 2.24) is 10.2 Å². The first-order valence-corrected chi connectivity index (χ1v) is 7.04. The second-order valence-corrected chi connectivity index (χ2v) is 5.82. The van der Waals surface area contributed by atoms with E-state index in [-0.39, 0.29) is 0 Å². The molecule has 102 valence electrons. The molecule has 1 atom stereocenters. The van der Waals surface area contributed by atoms with Gasteiger partial charge >= 0.3 is 0 Å². The highest BCUT2D eigenvalue weighted by atomic mass is 16.5. The summed E-state index contributed by atoms with van der Waals surface area (Å²) in [5.74, 6) is 0.681. The van der Waals surface area contributed by atoms with Crippen molar-refractivity contribution in [3.05, 3.63) is 0 Å². The van der Waals surface area contributed by atoms with Crippen molar-refractivity contribution in [1.29, 1.82) is 0 Å². The van der Waals surface area contributed by atoms with Gasteiger partial charge in [0.05, 0.1) is 6.61 Å². The lowest BCUT2D eigenvalue weighted by Crippen LogP contribution is -2.50. The van der Waals surface area contributed by atoms with Crippen molar-refractivity contribution < 1.29 is 4.74 Å². The number of nitrogens with zero attached hydrogens (tertiary/aromatic N) is 1. The molecule has 1 aliphatic carbocycles. The van der Waals surface area contributed by atoms with Gasteiger partial charge in [0.2, 0.25) is 0 Å². The molecule has 0 amide bonds. The summed E-state index contributed by atoms with van der Waals surface area (Å²) < 4.78 is 5.23. The van der Waals surface area contributed by atoms with E-state index in [1.807, 2.05) is 0 Å². The molecular weight excluding hydrogens is 212 g/mol. The van der Waals surface area contributed by atoms with E-state index < -0.39 is 0 Å². The smallest absolute Gasteiger partial charge is 0.0589 e.